The van der Waals surface area contributed by atoms with E-state index in [1.807, 2.05) is 4.68 Å². The number of carbonyl (C=O) groups is 1. The van der Waals surface area contributed by atoms with Gasteiger partial charge in [-0.15, -0.1) is 5.10 Å². The first-order valence-corrected chi connectivity index (χ1v) is 5.35. The molecule has 1 aliphatic heterocycles. The minimum absolute atomic E-state index is 0.172. The van der Waals surface area contributed by atoms with Crippen LogP contribution in [0.25, 0.3) is 0 Å². The van der Waals surface area contributed by atoms with Gasteiger partial charge < -0.3 is 9.64 Å². The lowest BCUT2D eigenvalue weighted by Crippen LogP contribution is -2.42. The number of carbonyl (C=O) groups excluding carboxylic acids is 1. The van der Waals surface area contributed by atoms with Gasteiger partial charge in [0.25, 0.3) is 0 Å². The SMILES string of the molecule is COC(=O)N1Cc2cnnn2[C@H](C(C)C)C1. The van der Waals surface area contributed by atoms with Crippen molar-refractivity contribution in [2.45, 2.75) is 26.4 Å². The molecule has 0 aliphatic carbocycles. The van der Waals surface area contributed by atoms with Crippen molar-refractivity contribution in [1.82, 2.24) is 19.9 Å². The summed E-state index contributed by atoms with van der Waals surface area (Å²) in [6.07, 6.45) is 1.41. The van der Waals surface area contributed by atoms with Crippen molar-refractivity contribution in [2.75, 3.05) is 13.7 Å². The lowest BCUT2D eigenvalue weighted by atomic mass is 10.0. The van der Waals surface area contributed by atoms with Gasteiger partial charge in [0.05, 0.1) is 31.6 Å². The molecule has 6 nitrogen and oxygen atoms in total. The Hall–Kier alpha value is -1.59. The Bertz CT molecular complexity index is 388. The van der Waals surface area contributed by atoms with Crippen LogP contribution in [0.1, 0.15) is 25.6 Å². The summed E-state index contributed by atoms with van der Waals surface area (Å²) in [6, 6.07) is 0.172. The van der Waals surface area contributed by atoms with Crippen LogP contribution < -0.4 is 0 Å². The van der Waals surface area contributed by atoms with Gasteiger partial charge in [-0.2, -0.15) is 0 Å². The second-order valence-corrected chi connectivity index (χ2v) is 4.33. The number of fused-ring (bicyclic) bond motifs is 1. The van der Waals surface area contributed by atoms with Gasteiger partial charge in [0.1, 0.15) is 0 Å². The molecular weight excluding hydrogens is 208 g/mol. The third-order valence-corrected chi connectivity index (χ3v) is 2.93. The molecule has 2 rings (SSSR count). The summed E-state index contributed by atoms with van der Waals surface area (Å²) in [4.78, 5) is 13.2. The molecule has 1 atom stereocenters. The molecule has 2 heterocycles. The van der Waals surface area contributed by atoms with Crippen LogP contribution in [0.3, 0.4) is 0 Å². The summed E-state index contributed by atoms with van der Waals surface area (Å²) in [7, 11) is 1.40. The molecule has 1 amide bonds. The minimum atomic E-state index is -0.293. The summed E-state index contributed by atoms with van der Waals surface area (Å²) >= 11 is 0. The molecule has 0 bridgehead atoms. The number of ether oxygens (including phenoxy) is 1. The highest BCUT2D eigenvalue weighted by Gasteiger charge is 2.31. The maximum atomic E-state index is 11.5. The summed E-state index contributed by atoms with van der Waals surface area (Å²) in [5.74, 6) is 0.396. The first-order valence-electron chi connectivity index (χ1n) is 5.35. The smallest absolute Gasteiger partial charge is 0.409 e. The van der Waals surface area contributed by atoms with E-state index in [0.29, 0.717) is 19.0 Å². The van der Waals surface area contributed by atoms with Crippen molar-refractivity contribution >= 4 is 6.09 Å². The average molecular weight is 224 g/mol. The monoisotopic (exact) mass is 224 g/mol. The molecule has 0 fully saturated rings. The molecule has 0 saturated carbocycles. The van der Waals surface area contributed by atoms with Crippen LogP contribution in [-0.4, -0.2) is 39.6 Å². The molecule has 88 valence electrons. The quantitative estimate of drug-likeness (QED) is 0.715. The van der Waals surface area contributed by atoms with Gasteiger partial charge in [-0.1, -0.05) is 19.1 Å². The number of hydrogen-bond donors (Lipinski definition) is 0. The fourth-order valence-electron chi connectivity index (χ4n) is 1.98. The van der Waals surface area contributed by atoms with E-state index in [9.17, 15) is 4.79 Å². The molecule has 0 unspecified atom stereocenters. The highest BCUT2D eigenvalue weighted by Crippen LogP contribution is 2.25. The summed E-state index contributed by atoms with van der Waals surface area (Å²) in [5.41, 5.74) is 0.954. The maximum absolute atomic E-state index is 11.5. The molecule has 0 spiro atoms. The van der Waals surface area contributed by atoms with Crippen molar-refractivity contribution in [3.8, 4) is 0 Å². The van der Waals surface area contributed by atoms with E-state index in [4.69, 9.17) is 4.74 Å². The first-order chi connectivity index (χ1) is 7.63. The number of nitrogens with zero attached hydrogens (tertiary/aromatic N) is 4. The first kappa shape index (κ1) is 10.9. The Balaban J connectivity index is 2.26. The maximum Gasteiger partial charge on any atom is 0.409 e. The Morgan fingerprint density at radius 1 is 1.62 bits per heavy atom. The van der Waals surface area contributed by atoms with Gasteiger partial charge in [-0.3, -0.25) is 0 Å². The van der Waals surface area contributed by atoms with E-state index < -0.39 is 0 Å². The molecule has 16 heavy (non-hydrogen) atoms. The number of aromatic nitrogens is 3. The van der Waals surface area contributed by atoms with Crippen molar-refractivity contribution < 1.29 is 9.53 Å². The molecule has 0 N–H and O–H groups in total. The van der Waals surface area contributed by atoms with Crippen LogP contribution in [0.2, 0.25) is 0 Å². The minimum Gasteiger partial charge on any atom is -0.453 e. The van der Waals surface area contributed by atoms with Crippen LogP contribution in [0.15, 0.2) is 6.20 Å². The zero-order chi connectivity index (χ0) is 11.7. The van der Waals surface area contributed by atoms with Crippen molar-refractivity contribution in [3.05, 3.63) is 11.9 Å². The van der Waals surface area contributed by atoms with Gasteiger partial charge in [0.15, 0.2) is 0 Å². The van der Waals surface area contributed by atoms with Gasteiger partial charge in [0, 0.05) is 6.54 Å². The zero-order valence-corrected chi connectivity index (χ0v) is 9.75. The summed E-state index contributed by atoms with van der Waals surface area (Å²) in [6.45, 7) is 5.36. The highest BCUT2D eigenvalue weighted by molar-refractivity contribution is 5.67. The van der Waals surface area contributed by atoms with Gasteiger partial charge in [-0.25, -0.2) is 9.48 Å². The fraction of sp³-hybridized carbons (Fsp3) is 0.700. The molecule has 1 aliphatic rings. The number of rotatable bonds is 1. The second kappa shape index (κ2) is 4.11. The number of amides is 1. The molecule has 1 aromatic heterocycles. The van der Waals surface area contributed by atoms with Gasteiger partial charge in [-0.05, 0) is 5.92 Å². The van der Waals surface area contributed by atoms with Crippen LogP contribution in [0.5, 0.6) is 0 Å². The number of hydrogen-bond acceptors (Lipinski definition) is 4. The van der Waals surface area contributed by atoms with Gasteiger partial charge in [0.2, 0.25) is 0 Å². The Kier molecular flexibility index (Phi) is 2.80. The summed E-state index contributed by atoms with van der Waals surface area (Å²) < 4.78 is 6.65. The molecule has 0 aromatic carbocycles. The molecule has 0 saturated heterocycles. The van der Waals surface area contributed by atoms with Crippen LogP contribution in [-0.2, 0) is 11.3 Å². The van der Waals surface area contributed by atoms with Crippen molar-refractivity contribution in [1.29, 1.82) is 0 Å². The van der Waals surface area contributed by atoms with E-state index in [-0.39, 0.29) is 12.1 Å². The van der Waals surface area contributed by atoms with Crippen LogP contribution in [0.4, 0.5) is 4.79 Å². The molecule has 0 radical (unpaired) electrons. The Morgan fingerprint density at radius 3 is 3.00 bits per heavy atom. The number of methoxy groups -OCH3 is 1. The second-order valence-electron chi connectivity index (χ2n) is 4.33. The van der Waals surface area contributed by atoms with Crippen molar-refractivity contribution in [3.63, 3.8) is 0 Å². The Morgan fingerprint density at radius 2 is 2.38 bits per heavy atom. The summed E-state index contributed by atoms with van der Waals surface area (Å²) in [5, 5.41) is 7.96. The fourth-order valence-corrected chi connectivity index (χ4v) is 1.98. The van der Waals surface area contributed by atoms with Gasteiger partial charge >= 0.3 is 6.09 Å². The zero-order valence-electron chi connectivity index (χ0n) is 9.75. The van der Waals surface area contributed by atoms with Crippen LogP contribution >= 0.6 is 0 Å². The van der Waals surface area contributed by atoms with E-state index in [0.717, 1.165) is 5.69 Å². The molecule has 1 aromatic rings. The molecule has 6 heteroatoms. The third kappa shape index (κ3) is 1.75. The Labute approximate surface area is 94.2 Å². The van der Waals surface area contributed by atoms with Crippen LogP contribution in [0, 0.1) is 5.92 Å². The lowest BCUT2D eigenvalue weighted by Gasteiger charge is -2.34. The lowest BCUT2D eigenvalue weighted by molar-refractivity contribution is 0.0935. The van der Waals surface area contributed by atoms with E-state index in [2.05, 4.69) is 24.2 Å². The predicted octanol–water partition coefficient (Wildman–Crippen LogP) is 1.06. The molecular formula is C10H16N4O2. The standard InChI is InChI=1S/C10H16N4O2/c1-7(2)9-6-13(10(15)16-3)5-8-4-11-12-14(8)9/h4,7,9H,5-6H2,1-3H3/t9-/m0/s1. The van der Waals surface area contributed by atoms with E-state index in [1.54, 1.807) is 11.1 Å². The topological polar surface area (TPSA) is 60.2 Å². The average Bonchev–Trinajstić information content (AvgIpc) is 2.74. The predicted molar refractivity (Wildman–Crippen MR) is 56.7 cm³/mol. The van der Waals surface area contributed by atoms with E-state index in [1.165, 1.54) is 7.11 Å². The highest BCUT2D eigenvalue weighted by atomic mass is 16.5. The normalized spacial score (nSPS) is 19.8. The largest absolute Gasteiger partial charge is 0.453 e. The van der Waals surface area contributed by atoms with Crippen molar-refractivity contribution in [2.24, 2.45) is 5.92 Å². The third-order valence-electron chi connectivity index (χ3n) is 2.93. The van der Waals surface area contributed by atoms with E-state index >= 15 is 0 Å².